The van der Waals surface area contributed by atoms with E-state index in [1.54, 1.807) is 0 Å². The Morgan fingerprint density at radius 1 is 1.39 bits per heavy atom. The van der Waals surface area contributed by atoms with Crippen molar-refractivity contribution >= 4 is 11.0 Å². The van der Waals surface area contributed by atoms with Crippen LogP contribution in [0.15, 0.2) is 24.3 Å². The molecule has 0 aliphatic rings. The van der Waals surface area contributed by atoms with Gasteiger partial charge in [-0.1, -0.05) is 12.2 Å². The number of hydrogen-bond acceptors (Lipinski definition) is 2. The highest BCUT2D eigenvalue weighted by Crippen LogP contribution is 2.24. The van der Waals surface area contributed by atoms with Crippen LogP contribution in [0.5, 0.6) is 0 Å². The van der Waals surface area contributed by atoms with E-state index in [0.717, 1.165) is 29.0 Å². The van der Waals surface area contributed by atoms with Crippen molar-refractivity contribution in [3.63, 3.8) is 0 Å². The summed E-state index contributed by atoms with van der Waals surface area (Å²) in [5, 5.41) is 0. The zero-order chi connectivity index (χ0) is 13.4. The molecule has 3 heteroatoms. The quantitative estimate of drug-likeness (QED) is 0.841. The molecular weight excluding hydrogens is 222 g/mol. The molecule has 2 N–H and O–H groups in total. The molecule has 1 aromatic carbocycles. The van der Waals surface area contributed by atoms with E-state index in [0.29, 0.717) is 0 Å². The van der Waals surface area contributed by atoms with Crippen LogP contribution in [0.2, 0.25) is 0 Å². The number of hydrogen-bond donors (Lipinski definition) is 1. The summed E-state index contributed by atoms with van der Waals surface area (Å²) in [5.74, 6) is 0.929. The number of imidazole rings is 1. The van der Waals surface area contributed by atoms with Crippen LogP contribution in [0.3, 0.4) is 0 Å². The molecule has 1 heterocycles. The second kappa shape index (κ2) is 4.58. The molecule has 0 spiro atoms. The summed E-state index contributed by atoms with van der Waals surface area (Å²) >= 11 is 0. The van der Waals surface area contributed by atoms with Gasteiger partial charge in [0.1, 0.15) is 5.82 Å². The fourth-order valence-corrected chi connectivity index (χ4v) is 2.18. The molecule has 3 nitrogen and oxygen atoms in total. The fraction of sp³-hybridized carbons (Fsp3) is 0.400. The average Bonchev–Trinajstić information content (AvgIpc) is 2.57. The van der Waals surface area contributed by atoms with Crippen molar-refractivity contribution in [3.05, 3.63) is 41.2 Å². The first-order chi connectivity index (χ1) is 8.40. The molecule has 96 valence electrons. The van der Waals surface area contributed by atoms with Gasteiger partial charge in [0.05, 0.1) is 17.1 Å². The Kier molecular flexibility index (Phi) is 3.26. The Balaban J connectivity index is 2.72. The van der Waals surface area contributed by atoms with Crippen molar-refractivity contribution in [1.82, 2.24) is 9.55 Å². The maximum Gasteiger partial charge on any atom is 0.126 e. The number of aryl methyl sites for hydroxylation is 2. The molecule has 0 fully saturated rings. The monoisotopic (exact) mass is 243 g/mol. The standard InChI is InChI=1S/C15H21N3/c1-9(2)8-18-14-7-11(4)10(3)6-13(14)17-15(18)12(5)16/h6-7,12H,1,8,16H2,2-5H3. The zero-order valence-corrected chi connectivity index (χ0v) is 11.6. The lowest BCUT2D eigenvalue weighted by Crippen LogP contribution is -2.14. The van der Waals surface area contributed by atoms with Gasteiger partial charge in [0, 0.05) is 6.54 Å². The summed E-state index contributed by atoms with van der Waals surface area (Å²) in [4.78, 5) is 4.66. The first-order valence-electron chi connectivity index (χ1n) is 6.27. The van der Waals surface area contributed by atoms with E-state index in [9.17, 15) is 0 Å². The lowest BCUT2D eigenvalue weighted by atomic mass is 10.1. The summed E-state index contributed by atoms with van der Waals surface area (Å²) < 4.78 is 2.18. The zero-order valence-electron chi connectivity index (χ0n) is 11.6. The molecule has 2 aromatic rings. The number of rotatable bonds is 3. The van der Waals surface area contributed by atoms with Crippen LogP contribution in [0, 0.1) is 13.8 Å². The van der Waals surface area contributed by atoms with E-state index in [4.69, 9.17) is 5.73 Å². The summed E-state index contributed by atoms with van der Waals surface area (Å²) in [6, 6.07) is 4.25. The topological polar surface area (TPSA) is 43.8 Å². The first-order valence-corrected chi connectivity index (χ1v) is 6.27. The van der Waals surface area contributed by atoms with E-state index in [1.165, 1.54) is 11.1 Å². The Morgan fingerprint density at radius 2 is 2.00 bits per heavy atom. The maximum atomic E-state index is 6.02. The van der Waals surface area contributed by atoms with Crippen LogP contribution in [0.1, 0.15) is 36.8 Å². The Bertz CT molecular complexity index is 606. The van der Waals surface area contributed by atoms with E-state index in [1.807, 2.05) is 13.8 Å². The largest absolute Gasteiger partial charge is 0.323 e. The second-order valence-electron chi connectivity index (χ2n) is 5.23. The molecule has 1 atom stereocenters. The average molecular weight is 243 g/mol. The molecule has 0 saturated carbocycles. The van der Waals surface area contributed by atoms with Gasteiger partial charge in [-0.2, -0.15) is 0 Å². The van der Waals surface area contributed by atoms with Crippen LogP contribution in [-0.2, 0) is 6.54 Å². The number of nitrogens with zero attached hydrogens (tertiary/aromatic N) is 2. The predicted octanol–water partition coefficient (Wildman–Crippen LogP) is 3.25. The molecule has 0 saturated heterocycles. The molecular formula is C15H21N3. The van der Waals surface area contributed by atoms with E-state index in [2.05, 4.69) is 42.1 Å². The highest BCUT2D eigenvalue weighted by Gasteiger charge is 2.14. The predicted molar refractivity (Wildman–Crippen MR) is 76.6 cm³/mol. The minimum Gasteiger partial charge on any atom is -0.323 e. The number of nitrogens with two attached hydrogens (primary N) is 1. The van der Waals surface area contributed by atoms with Crippen LogP contribution < -0.4 is 5.73 Å². The number of allylic oxidation sites excluding steroid dienone is 1. The summed E-state index contributed by atoms with van der Waals surface area (Å²) in [7, 11) is 0. The first kappa shape index (κ1) is 12.8. The summed E-state index contributed by atoms with van der Waals surface area (Å²) in [6.45, 7) is 13.0. The van der Waals surface area contributed by atoms with Gasteiger partial charge in [0.15, 0.2) is 0 Å². The van der Waals surface area contributed by atoms with Crippen molar-refractivity contribution in [2.45, 2.75) is 40.3 Å². The van der Waals surface area contributed by atoms with Gasteiger partial charge in [-0.3, -0.25) is 0 Å². The molecule has 0 bridgehead atoms. The minimum atomic E-state index is -0.0719. The van der Waals surface area contributed by atoms with Crippen molar-refractivity contribution < 1.29 is 0 Å². The minimum absolute atomic E-state index is 0.0719. The van der Waals surface area contributed by atoms with Gasteiger partial charge in [-0.05, 0) is 51.0 Å². The molecule has 18 heavy (non-hydrogen) atoms. The summed E-state index contributed by atoms with van der Waals surface area (Å²) in [6.07, 6.45) is 0. The number of fused-ring (bicyclic) bond motifs is 1. The van der Waals surface area contributed by atoms with Gasteiger partial charge >= 0.3 is 0 Å². The van der Waals surface area contributed by atoms with Crippen LogP contribution in [0.25, 0.3) is 11.0 Å². The van der Waals surface area contributed by atoms with Gasteiger partial charge in [0.2, 0.25) is 0 Å². The second-order valence-corrected chi connectivity index (χ2v) is 5.23. The molecule has 2 rings (SSSR count). The Labute approximate surface area is 108 Å². The number of benzene rings is 1. The van der Waals surface area contributed by atoms with Crippen LogP contribution in [-0.4, -0.2) is 9.55 Å². The Morgan fingerprint density at radius 3 is 2.56 bits per heavy atom. The normalized spacial score (nSPS) is 12.9. The van der Waals surface area contributed by atoms with E-state index in [-0.39, 0.29) is 6.04 Å². The molecule has 0 radical (unpaired) electrons. The van der Waals surface area contributed by atoms with E-state index < -0.39 is 0 Å². The molecule has 0 aliphatic carbocycles. The van der Waals surface area contributed by atoms with Crippen molar-refractivity contribution in [3.8, 4) is 0 Å². The molecule has 0 amide bonds. The smallest absolute Gasteiger partial charge is 0.126 e. The lowest BCUT2D eigenvalue weighted by Gasteiger charge is -2.11. The van der Waals surface area contributed by atoms with Crippen molar-refractivity contribution in [1.29, 1.82) is 0 Å². The number of aromatic nitrogens is 2. The maximum absolute atomic E-state index is 6.02. The van der Waals surface area contributed by atoms with Crippen molar-refractivity contribution in [2.75, 3.05) is 0 Å². The fourth-order valence-electron chi connectivity index (χ4n) is 2.18. The van der Waals surface area contributed by atoms with Crippen LogP contribution >= 0.6 is 0 Å². The third-order valence-corrected chi connectivity index (χ3v) is 3.23. The van der Waals surface area contributed by atoms with Gasteiger partial charge in [-0.15, -0.1) is 0 Å². The van der Waals surface area contributed by atoms with Crippen molar-refractivity contribution in [2.24, 2.45) is 5.73 Å². The molecule has 1 unspecified atom stereocenters. The summed E-state index contributed by atoms with van der Waals surface area (Å²) in [5.41, 5.74) is 11.8. The highest BCUT2D eigenvalue weighted by molar-refractivity contribution is 5.78. The van der Waals surface area contributed by atoms with Gasteiger partial charge in [0.25, 0.3) is 0 Å². The third kappa shape index (κ3) is 2.18. The third-order valence-electron chi connectivity index (χ3n) is 3.23. The van der Waals surface area contributed by atoms with Gasteiger partial charge < -0.3 is 10.3 Å². The molecule has 1 aromatic heterocycles. The van der Waals surface area contributed by atoms with Crippen LogP contribution in [0.4, 0.5) is 0 Å². The molecule has 0 aliphatic heterocycles. The van der Waals surface area contributed by atoms with E-state index >= 15 is 0 Å². The Hall–Kier alpha value is -1.61. The van der Waals surface area contributed by atoms with Gasteiger partial charge in [-0.25, -0.2) is 4.98 Å². The highest BCUT2D eigenvalue weighted by atomic mass is 15.1. The lowest BCUT2D eigenvalue weighted by molar-refractivity contribution is 0.660. The SMILES string of the molecule is C=C(C)Cn1c(C(C)N)nc2cc(C)c(C)cc21.